The van der Waals surface area contributed by atoms with Crippen molar-refractivity contribution in [3.63, 3.8) is 0 Å². The van der Waals surface area contributed by atoms with Crippen LogP contribution >= 0.6 is 0 Å². The number of carbonyl (C=O) groups excluding carboxylic acids is 1. The fourth-order valence-corrected chi connectivity index (χ4v) is 2.22. The van der Waals surface area contributed by atoms with E-state index >= 15 is 0 Å². The van der Waals surface area contributed by atoms with E-state index in [1.807, 2.05) is 20.8 Å². The van der Waals surface area contributed by atoms with Crippen molar-refractivity contribution in [2.75, 3.05) is 6.54 Å². The first-order valence-corrected chi connectivity index (χ1v) is 7.26. The second-order valence-corrected chi connectivity index (χ2v) is 5.15. The first-order chi connectivity index (χ1) is 9.49. The lowest BCUT2D eigenvalue weighted by Gasteiger charge is -2.19. The van der Waals surface area contributed by atoms with E-state index in [1.165, 1.54) is 5.56 Å². The van der Waals surface area contributed by atoms with E-state index in [-0.39, 0.29) is 0 Å². The van der Waals surface area contributed by atoms with Gasteiger partial charge in [-0.2, -0.15) is 0 Å². The Morgan fingerprint density at radius 2 is 1.90 bits per heavy atom. The van der Waals surface area contributed by atoms with Crippen LogP contribution in [-0.4, -0.2) is 18.6 Å². The highest BCUT2D eigenvalue weighted by molar-refractivity contribution is 5.79. The van der Waals surface area contributed by atoms with Crippen LogP contribution in [0.3, 0.4) is 0 Å². The molecule has 20 heavy (non-hydrogen) atoms. The molecule has 0 bridgehead atoms. The molecule has 0 aromatic heterocycles. The highest BCUT2D eigenvalue weighted by Gasteiger charge is 2.17. The summed E-state index contributed by atoms with van der Waals surface area (Å²) in [4.78, 5) is 11.3. The number of hydrogen-bond acceptors (Lipinski definition) is 3. The molecule has 4 heteroatoms. The van der Waals surface area contributed by atoms with Crippen LogP contribution in [0.1, 0.15) is 43.4 Å². The third-order valence-electron chi connectivity index (χ3n) is 3.22. The summed E-state index contributed by atoms with van der Waals surface area (Å²) in [5.74, 6) is 0.356. The van der Waals surface area contributed by atoms with Crippen LogP contribution in [0.4, 0.5) is 0 Å². The molecule has 1 atom stereocenters. The normalized spacial score (nSPS) is 12.2. The standard InChI is InChI=1S/C16H26N2O2/c1-5-7-18-10-13-8-11(3)15(12(4)9-13)20-14(6-2)16(17)19/h8-9,14,18H,5-7,10H2,1-4H3,(H2,17,19). The van der Waals surface area contributed by atoms with E-state index in [4.69, 9.17) is 10.5 Å². The molecule has 0 aliphatic heterocycles. The van der Waals surface area contributed by atoms with E-state index in [1.54, 1.807) is 0 Å². The summed E-state index contributed by atoms with van der Waals surface area (Å²) in [5.41, 5.74) is 8.64. The minimum Gasteiger partial charge on any atom is -0.480 e. The summed E-state index contributed by atoms with van der Waals surface area (Å²) in [6, 6.07) is 4.19. The molecule has 3 N–H and O–H groups in total. The van der Waals surface area contributed by atoms with Gasteiger partial charge in [-0.3, -0.25) is 4.79 Å². The molecule has 4 nitrogen and oxygen atoms in total. The Morgan fingerprint density at radius 3 is 2.35 bits per heavy atom. The molecular weight excluding hydrogens is 252 g/mol. The van der Waals surface area contributed by atoms with Crippen LogP contribution in [0.5, 0.6) is 5.75 Å². The first kappa shape index (κ1) is 16.5. The van der Waals surface area contributed by atoms with E-state index in [9.17, 15) is 4.79 Å². The lowest BCUT2D eigenvalue weighted by molar-refractivity contribution is -0.124. The van der Waals surface area contributed by atoms with Crippen molar-refractivity contribution in [1.29, 1.82) is 0 Å². The molecule has 1 amide bonds. The van der Waals surface area contributed by atoms with Crippen molar-refractivity contribution in [3.05, 3.63) is 28.8 Å². The maximum absolute atomic E-state index is 11.3. The van der Waals surface area contributed by atoms with Gasteiger partial charge in [0.1, 0.15) is 5.75 Å². The summed E-state index contributed by atoms with van der Waals surface area (Å²) >= 11 is 0. The Kier molecular flexibility index (Phi) is 6.52. The van der Waals surface area contributed by atoms with Crippen molar-refractivity contribution < 1.29 is 9.53 Å². The largest absolute Gasteiger partial charge is 0.480 e. The molecule has 0 aliphatic carbocycles. The molecule has 1 aromatic carbocycles. The third kappa shape index (κ3) is 4.53. The summed E-state index contributed by atoms with van der Waals surface area (Å²) < 4.78 is 5.77. The number of nitrogens with two attached hydrogens (primary N) is 1. The summed E-state index contributed by atoms with van der Waals surface area (Å²) in [5, 5.41) is 3.38. The summed E-state index contributed by atoms with van der Waals surface area (Å²) in [7, 11) is 0. The van der Waals surface area contributed by atoms with Gasteiger partial charge in [0.2, 0.25) is 0 Å². The zero-order valence-corrected chi connectivity index (χ0v) is 13.0. The number of benzene rings is 1. The van der Waals surface area contributed by atoms with Gasteiger partial charge in [0.25, 0.3) is 5.91 Å². The second-order valence-electron chi connectivity index (χ2n) is 5.15. The Morgan fingerprint density at radius 1 is 1.30 bits per heavy atom. The van der Waals surface area contributed by atoms with Gasteiger partial charge in [-0.25, -0.2) is 0 Å². The average molecular weight is 278 g/mol. The topological polar surface area (TPSA) is 64.3 Å². The van der Waals surface area contributed by atoms with E-state index in [0.29, 0.717) is 6.42 Å². The highest BCUT2D eigenvalue weighted by atomic mass is 16.5. The number of hydrogen-bond donors (Lipinski definition) is 2. The molecule has 0 saturated carbocycles. The highest BCUT2D eigenvalue weighted by Crippen LogP contribution is 2.26. The van der Waals surface area contributed by atoms with Gasteiger partial charge in [-0.15, -0.1) is 0 Å². The second kappa shape index (κ2) is 7.90. The Labute approximate surface area is 121 Å². The molecule has 0 heterocycles. The summed E-state index contributed by atoms with van der Waals surface area (Å²) in [6.45, 7) is 9.90. The monoisotopic (exact) mass is 278 g/mol. The van der Waals surface area contributed by atoms with Crippen LogP contribution in [0.15, 0.2) is 12.1 Å². The van der Waals surface area contributed by atoms with Crippen LogP contribution in [0.2, 0.25) is 0 Å². The van der Waals surface area contributed by atoms with E-state index in [2.05, 4.69) is 24.4 Å². The van der Waals surface area contributed by atoms with Crippen molar-refractivity contribution in [3.8, 4) is 5.75 Å². The van der Waals surface area contributed by atoms with Crippen LogP contribution in [-0.2, 0) is 11.3 Å². The fraction of sp³-hybridized carbons (Fsp3) is 0.562. The summed E-state index contributed by atoms with van der Waals surface area (Å²) in [6.07, 6.45) is 1.14. The smallest absolute Gasteiger partial charge is 0.258 e. The van der Waals surface area contributed by atoms with Crippen LogP contribution < -0.4 is 15.8 Å². The molecule has 0 radical (unpaired) electrons. The van der Waals surface area contributed by atoms with Gasteiger partial charge < -0.3 is 15.8 Å². The SMILES string of the molecule is CCCNCc1cc(C)c(OC(CC)C(N)=O)c(C)c1. The van der Waals surface area contributed by atoms with Crippen molar-refractivity contribution in [2.24, 2.45) is 5.73 Å². The van der Waals surface area contributed by atoms with Gasteiger partial charge in [-0.1, -0.05) is 26.0 Å². The average Bonchev–Trinajstić information content (AvgIpc) is 2.38. The van der Waals surface area contributed by atoms with Gasteiger partial charge in [0.15, 0.2) is 6.10 Å². The Hall–Kier alpha value is -1.55. The van der Waals surface area contributed by atoms with Crippen molar-refractivity contribution >= 4 is 5.91 Å². The molecule has 1 aromatic rings. The molecule has 0 fully saturated rings. The lowest BCUT2D eigenvalue weighted by atomic mass is 10.1. The van der Waals surface area contributed by atoms with E-state index < -0.39 is 12.0 Å². The molecule has 1 unspecified atom stereocenters. The molecule has 0 saturated heterocycles. The number of primary amides is 1. The molecular formula is C16H26N2O2. The predicted octanol–water partition coefficient (Wildman–Crippen LogP) is 2.45. The van der Waals surface area contributed by atoms with E-state index in [0.717, 1.165) is 36.4 Å². The number of amides is 1. The predicted molar refractivity (Wildman–Crippen MR) is 81.8 cm³/mol. The lowest BCUT2D eigenvalue weighted by Crippen LogP contribution is -2.33. The number of ether oxygens (including phenoxy) is 1. The molecule has 1 rings (SSSR count). The van der Waals surface area contributed by atoms with Gasteiger partial charge >= 0.3 is 0 Å². The maximum Gasteiger partial charge on any atom is 0.258 e. The minimum atomic E-state index is -0.559. The number of rotatable bonds is 8. The van der Waals surface area contributed by atoms with Crippen LogP contribution in [0, 0.1) is 13.8 Å². The first-order valence-electron chi connectivity index (χ1n) is 7.26. The minimum absolute atomic E-state index is 0.417. The van der Waals surface area contributed by atoms with Crippen molar-refractivity contribution in [2.45, 2.75) is 53.2 Å². The molecule has 0 spiro atoms. The van der Waals surface area contributed by atoms with Gasteiger partial charge in [-0.05, 0) is 49.9 Å². The maximum atomic E-state index is 11.3. The van der Waals surface area contributed by atoms with Gasteiger partial charge in [0.05, 0.1) is 0 Å². The zero-order chi connectivity index (χ0) is 15.1. The molecule has 112 valence electrons. The van der Waals surface area contributed by atoms with Crippen molar-refractivity contribution in [1.82, 2.24) is 5.32 Å². The zero-order valence-electron chi connectivity index (χ0n) is 13.0. The third-order valence-corrected chi connectivity index (χ3v) is 3.22. The Balaban J connectivity index is 2.85. The van der Waals surface area contributed by atoms with Crippen LogP contribution in [0.25, 0.3) is 0 Å². The molecule has 0 aliphatic rings. The number of nitrogens with one attached hydrogen (secondary N) is 1. The fourth-order valence-electron chi connectivity index (χ4n) is 2.22. The number of carbonyl (C=O) groups is 1. The Bertz CT molecular complexity index is 435. The van der Waals surface area contributed by atoms with Gasteiger partial charge in [0, 0.05) is 6.54 Å². The quantitative estimate of drug-likeness (QED) is 0.718. The number of aryl methyl sites for hydroxylation is 2.